The van der Waals surface area contributed by atoms with Gasteiger partial charge in [0.1, 0.15) is 0 Å². The minimum atomic E-state index is 0.990. The highest BCUT2D eigenvalue weighted by molar-refractivity contribution is 5.86. The van der Waals surface area contributed by atoms with E-state index in [1.807, 2.05) is 0 Å². The summed E-state index contributed by atoms with van der Waals surface area (Å²) in [5, 5.41) is 0. The zero-order valence-electron chi connectivity index (χ0n) is 31.0. The van der Waals surface area contributed by atoms with Gasteiger partial charge in [-0.2, -0.15) is 0 Å². The fourth-order valence-corrected chi connectivity index (χ4v) is 8.13. The van der Waals surface area contributed by atoms with Gasteiger partial charge in [-0.15, -0.1) is 0 Å². The Morgan fingerprint density at radius 2 is 0.482 bits per heavy atom. The molecule has 264 valence electrons. The lowest BCUT2D eigenvalue weighted by Crippen LogP contribution is -2.09. The van der Waals surface area contributed by atoms with Gasteiger partial charge in [0.05, 0.1) is 0 Å². The summed E-state index contributed by atoms with van der Waals surface area (Å²) in [4.78, 5) is 2.34. The third-order valence-electron chi connectivity index (χ3n) is 11.1. The summed E-state index contributed by atoms with van der Waals surface area (Å²) in [5.74, 6) is 0. The van der Waals surface area contributed by atoms with Crippen molar-refractivity contribution >= 4 is 17.1 Å². The lowest BCUT2D eigenvalue weighted by molar-refractivity contribution is 1.26. The van der Waals surface area contributed by atoms with Crippen LogP contribution >= 0.6 is 0 Å². The van der Waals surface area contributed by atoms with E-state index < -0.39 is 0 Å². The van der Waals surface area contributed by atoms with Gasteiger partial charge in [0.15, 0.2) is 0 Å². The van der Waals surface area contributed by atoms with E-state index in [0.29, 0.717) is 0 Å². The first kappa shape index (κ1) is 33.4. The second kappa shape index (κ2) is 14.5. The number of benzene rings is 9. The number of hydrogen-bond donors (Lipinski definition) is 0. The van der Waals surface area contributed by atoms with Crippen molar-refractivity contribution in [3.63, 3.8) is 0 Å². The normalized spacial score (nSPS) is 11.5. The second-order valence-corrected chi connectivity index (χ2v) is 14.6. The lowest BCUT2D eigenvalue weighted by Gasteiger charge is -2.26. The van der Waals surface area contributed by atoms with Crippen LogP contribution < -0.4 is 4.90 Å². The van der Waals surface area contributed by atoms with Crippen molar-refractivity contribution in [3.05, 3.63) is 236 Å². The average Bonchev–Trinajstić information content (AvgIpc) is 3.65. The predicted molar refractivity (Wildman–Crippen MR) is 237 cm³/mol. The molecule has 0 fully saturated rings. The van der Waals surface area contributed by atoms with E-state index in [0.717, 1.165) is 23.5 Å². The minimum Gasteiger partial charge on any atom is -0.311 e. The molecule has 0 heterocycles. The molecule has 1 heteroatoms. The minimum absolute atomic E-state index is 0.990. The number of fused-ring (bicyclic) bond motifs is 3. The lowest BCUT2D eigenvalue weighted by atomic mass is 9.95. The maximum absolute atomic E-state index is 2.38. The third kappa shape index (κ3) is 6.50. The summed E-state index contributed by atoms with van der Waals surface area (Å²) in [6.07, 6.45) is 0.990. The zero-order valence-corrected chi connectivity index (χ0v) is 31.0. The van der Waals surface area contributed by atoms with Crippen LogP contribution in [-0.4, -0.2) is 0 Å². The van der Waals surface area contributed by atoms with Crippen LogP contribution in [0, 0.1) is 0 Å². The Morgan fingerprint density at radius 1 is 0.232 bits per heavy atom. The zero-order chi connectivity index (χ0) is 37.3. The molecule has 56 heavy (non-hydrogen) atoms. The Hall–Kier alpha value is -7.22. The van der Waals surface area contributed by atoms with Crippen LogP contribution in [0.5, 0.6) is 0 Å². The van der Waals surface area contributed by atoms with Crippen molar-refractivity contribution in [3.8, 4) is 66.8 Å². The molecule has 0 N–H and O–H groups in total. The van der Waals surface area contributed by atoms with E-state index in [1.165, 1.54) is 77.9 Å². The molecular formula is C55H39N. The highest BCUT2D eigenvalue weighted by Gasteiger charge is 2.20. The average molecular weight is 714 g/mol. The molecule has 1 nitrogen and oxygen atoms in total. The smallest absolute Gasteiger partial charge is 0.0462 e. The molecule has 0 atom stereocenters. The van der Waals surface area contributed by atoms with E-state index in [1.54, 1.807) is 0 Å². The number of anilines is 3. The summed E-state index contributed by atoms with van der Waals surface area (Å²) in [6, 6.07) is 81.4. The molecular weight excluding hydrogens is 675 g/mol. The van der Waals surface area contributed by atoms with Gasteiger partial charge in [0.2, 0.25) is 0 Å². The summed E-state index contributed by atoms with van der Waals surface area (Å²) in [5.41, 5.74) is 21.1. The van der Waals surface area contributed by atoms with Gasteiger partial charge in [-0.05, 0) is 133 Å². The van der Waals surface area contributed by atoms with Gasteiger partial charge < -0.3 is 4.90 Å². The molecule has 9 aromatic rings. The van der Waals surface area contributed by atoms with Crippen molar-refractivity contribution in [1.29, 1.82) is 0 Å². The Bertz CT molecular complexity index is 2670. The Morgan fingerprint density at radius 3 is 0.821 bits per heavy atom. The fraction of sp³-hybridized carbons (Fsp3) is 0.0182. The molecule has 0 bridgehead atoms. The van der Waals surface area contributed by atoms with E-state index in [2.05, 4.69) is 229 Å². The molecule has 1 aliphatic rings. The standard InChI is InChI=1S/C55H39N/c1-4-10-39(11-5-1)43-24-30-51(31-25-43)56(52-32-26-44(27-33-52)40-12-6-2-7-13-40)53-34-28-45(29-35-53)42-16-18-46(19-17-42)48-21-23-50-36-49-22-20-47(37-54(49)55(50)38-48)41-14-8-3-9-15-41/h1-35,37-38H,36H2. The third-order valence-corrected chi connectivity index (χ3v) is 11.1. The first-order valence-corrected chi connectivity index (χ1v) is 19.4. The molecule has 0 saturated heterocycles. The monoisotopic (exact) mass is 713 g/mol. The molecule has 0 aliphatic heterocycles. The van der Waals surface area contributed by atoms with Crippen LogP contribution in [0.25, 0.3) is 66.8 Å². The molecule has 0 spiro atoms. The van der Waals surface area contributed by atoms with Crippen molar-refractivity contribution < 1.29 is 0 Å². The van der Waals surface area contributed by atoms with Crippen LogP contribution in [0.3, 0.4) is 0 Å². The quantitative estimate of drug-likeness (QED) is 0.152. The molecule has 0 unspecified atom stereocenters. The van der Waals surface area contributed by atoms with E-state index in [-0.39, 0.29) is 0 Å². The molecule has 10 rings (SSSR count). The van der Waals surface area contributed by atoms with Gasteiger partial charge in [-0.25, -0.2) is 0 Å². The van der Waals surface area contributed by atoms with Crippen LogP contribution in [0.15, 0.2) is 224 Å². The van der Waals surface area contributed by atoms with Crippen molar-refractivity contribution in [2.45, 2.75) is 6.42 Å². The van der Waals surface area contributed by atoms with E-state index in [9.17, 15) is 0 Å². The van der Waals surface area contributed by atoms with Gasteiger partial charge >= 0.3 is 0 Å². The number of nitrogens with zero attached hydrogens (tertiary/aromatic N) is 1. The molecule has 9 aromatic carbocycles. The maximum atomic E-state index is 2.38. The molecule has 1 aliphatic carbocycles. The first-order chi connectivity index (χ1) is 27.7. The molecule has 0 radical (unpaired) electrons. The van der Waals surface area contributed by atoms with Crippen LogP contribution in [-0.2, 0) is 6.42 Å². The summed E-state index contributed by atoms with van der Waals surface area (Å²) in [7, 11) is 0. The molecule has 0 saturated carbocycles. The summed E-state index contributed by atoms with van der Waals surface area (Å²) < 4.78 is 0. The van der Waals surface area contributed by atoms with Gasteiger partial charge in [-0.3, -0.25) is 0 Å². The molecule has 0 amide bonds. The topological polar surface area (TPSA) is 3.24 Å². The van der Waals surface area contributed by atoms with Crippen molar-refractivity contribution in [1.82, 2.24) is 0 Å². The largest absolute Gasteiger partial charge is 0.311 e. The van der Waals surface area contributed by atoms with Crippen molar-refractivity contribution in [2.75, 3.05) is 4.90 Å². The van der Waals surface area contributed by atoms with E-state index in [4.69, 9.17) is 0 Å². The first-order valence-electron chi connectivity index (χ1n) is 19.4. The summed E-state index contributed by atoms with van der Waals surface area (Å²) >= 11 is 0. The Kier molecular flexibility index (Phi) is 8.67. The van der Waals surface area contributed by atoms with Crippen LogP contribution in [0.4, 0.5) is 17.1 Å². The SMILES string of the molecule is c1ccc(-c2ccc(N(c3ccc(-c4ccccc4)cc3)c3ccc(-c4ccc(-c5ccc6c(c5)-c5cc(-c7ccccc7)ccc5C6)cc4)cc3)cc2)cc1. The second-order valence-electron chi connectivity index (χ2n) is 14.6. The van der Waals surface area contributed by atoms with Crippen molar-refractivity contribution in [2.24, 2.45) is 0 Å². The fourth-order valence-electron chi connectivity index (χ4n) is 8.13. The number of rotatable bonds is 8. The Balaban J connectivity index is 0.931. The van der Waals surface area contributed by atoms with Gasteiger partial charge in [0, 0.05) is 17.1 Å². The van der Waals surface area contributed by atoms with Crippen LogP contribution in [0.1, 0.15) is 11.1 Å². The highest BCUT2D eigenvalue weighted by Crippen LogP contribution is 2.42. The van der Waals surface area contributed by atoms with Crippen LogP contribution in [0.2, 0.25) is 0 Å². The molecule has 0 aromatic heterocycles. The summed E-state index contributed by atoms with van der Waals surface area (Å²) in [6.45, 7) is 0. The predicted octanol–water partition coefficient (Wildman–Crippen LogP) is 15.1. The van der Waals surface area contributed by atoms with E-state index >= 15 is 0 Å². The van der Waals surface area contributed by atoms with Gasteiger partial charge in [-0.1, -0.05) is 176 Å². The van der Waals surface area contributed by atoms with Gasteiger partial charge in [0.25, 0.3) is 0 Å². The maximum Gasteiger partial charge on any atom is 0.0462 e. The number of hydrogen-bond acceptors (Lipinski definition) is 1. The Labute approximate surface area is 329 Å². The highest BCUT2D eigenvalue weighted by atomic mass is 15.1.